The maximum atomic E-state index is 13.0. The van der Waals surface area contributed by atoms with E-state index in [0.717, 1.165) is 43.2 Å². The lowest BCUT2D eigenvalue weighted by Crippen LogP contribution is -2.36. The first-order valence-electron chi connectivity index (χ1n) is 8.60. The second-order valence-electron chi connectivity index (χ2n) is 6.08. The summed E-state index contributed by atoms with van der Waals surface area (Å²) in [6.07, 6.45) is 1.84. The second-order valence-corrected chi connectivity index (χ2v) is 6.08. The summed E-state index contributed by atoms with van der Waals surface area (Å²) in [5, 5.41) is 0. The quantitative estimate of drug-likeness (QED) is 0.693. The van der Waals surface area contributed by atoms with Gasteiger partial charge in [0.2, 0.25) is 0 Å². The molecule has 1 fully saturated rings. The molecule has 0 unspecified atom stereocenters. The molecular formula is C21H19FN2O2. The summed E-state index contributed by atoms with van der Waals surface area (Å²) in [5.41, 5.74) is 3.10. The molecule has 0 bridgehead atoms. The third-order valence-corrected chi connectivity index (χ3v) is 4.32. The van der Waals surface area contributed by atoms with Gasteiger partial charge < -0.3 is 14.4 Å². The average Bonchev–Trinajstić information content (AvgIpc) is 2.71. The van der Waals surface area contributed by atoms with Crippen molar-refractivity contribution in [1.29, 1.82) is 0 Å². The SMILES string of the molecule is Fc1ccc(Oc2ccc(-c3cc(N4CCOCC4)ccn3)cc2)cc1. The Bertz CT molecular complexity index is 860. The van der Waals surface area contributed by atoms with Gasteiger partial charge in [-0.25, -0.2) is 4.39 Å². The van der Waals surface area contributed by atoms with E-state index in [0.29, 0.717) is 11.5 Å². The van der Waals surface area contributed by atoms with E-state index >= 15 is 0 Å². The molecule has 26 heavy (non-hydrogen) atoms. The van der Waals surface area contributed by atoms with Crippen LogP contribution in [0.4, 0.5) is 10.1 Å². The zero-order valence-electron chi connectivity index (χ0n) is 14.3. The van der Waals surface area contributed by atoms with Gasteiger partial charge >= 0.3 is 0 Å². The Morgan fingerprint density at radius 1 is 0.885 bits per heavy atom. The van der Waals surface area contributed by atoms with Gasteiger partial charge in [0, 0.05) is 30.5 Å². The number of morpholine rings is 1. The molecule has 1 saturated heterocycles. The van der Waals surface area contributed by atoms with Gasteiger partial charge in [0.05, 0.1) is 18.9 Å². The van der Waals surface area contributed by atoms with Gasteiger partial charge in [-0.3, -0.25) is 4.98 Å². The fourth-order valence-corrected chi connectivity index (χ4v) is 2.93. The molecule has 4 rings (SSSR count). The molecule has 132 valence electrons. The van der Waals surface area contributed by atoms with Crippen molar-refractivity contribution in [3.8, 4) is 22.8 Å². The minimum atomic E-state index is -0.279. The minimum Gasteiger partial charge on any atom is -0.457 e. The Balaban J connectivity index is 1.50. The van der Waals surface area contributed by atoms with E-state index in [-0.39, 0.29) is 5.82 Å². The third kappa shape index (κ3) is 3.83. The van der Waals surface area contributed by atoms with E-state index in [9.17, 15) is 4.39 Å². The molecule has 0 saturated carbocycles. The molecule has 1 aliphatic rings. The normalized spacial score (nSPS) is 14.3. The smallest absolute Gasteiger partial charge is 0.127 e. The van der Waals surface area contributed by atoms with Crippen molar-refractivity contribution in [2.75, 3.05) is 31.2 Å². The molecule has 0 radical (unpaired) electrons. The van der Waals surface area contributed by atoms with E-state index in [1.807, 2.05) is 36.5 Å². The van der Waals surface area contributed by atoms with Crippen molar-refractivity contribution >= 4 is 5.69 Å². The van der Waals surface area contributed by atoms with E-state index in [4.69, 9.17) is 9.47 Å². The Morgan fingerprint density at radius 3 is 2.23 bits per heavy atom. The molecule has 2 heterocycles. The van der Waals surface area contributed by atoms with Gasteiger partial charge in [0.25, 0.3) is 0 Å². The number of pyridine rings is 1. The number of anilines is 1. The van der Waals surface area contributed by atoms with E-state index in [1.54, 1.807) is 12.1 Å². The number of benzene rings is 2. The van der Waals surface area contributed by atoms with Crippen LogP contribution in [0.2, 0.25) is 0 Å². The molecule has 0 aliphatic carbocycles. The summed E-state index contributed by atoms with van der Waals surface area (Å²) in [4.78, 5) is 6.79. The average molecular weight is 350 g/mol. The number of ether oxygens (including phenoxy) is 2. The molecule has 5 heteroatoms. The molecule has 0 N–H and O–H groups in total. The standard InChI is InChI=1S/C21H19FN2O2/c22-17-3-7-20(8-4-17)26-19-5-1-16(2-6-19)21-15-18(9-10-23-21)24-11-13-25-14-12-24/h1-10,15H,11-14H2. The van der Waals surface area contributed by atoms with Gasteiger partial charge in [0.1, 0.15) is 17.3 Å². The number of nitrogens with zero attached hydrogens (tertiary/aromatic N) is 2. The van der Waals surface area contributed by atoms with Gasteiger partial charge in [0.15, 0.2) is 0 Å². The van der Waals surface area contributed by atoms with Crippen LogP contribution in [0, 0.1) is 5.82 Å². The van der Waals surface area contributed by atoms with E-state index in [2.05, 4.69) is 16.0 Å². The first kappa shape index (κ1) is 16.5. The molecule has 0 amide bonds. The second kappa shape index (κ2) is 7.54. The summed E-state index contributed by atoms with van der Waals surface area (Å²) in [6, 6.07) is 17.8. The largest absolute Gasteiger partial charge is 0.457 e. The minimum absolute atomic E-state index is 0.279. The third-order valence-electron chi connectivity index (χ3n) is 4.32. The summed E-state index contributed by atoms with van der Waals surface area (Å²) in [7, 11) is 0. The lowest BCUT2D eigenvalue weighted by molar-refractivity contribution is 0.122. The molecule has 1 aliphatic heterocycles. The lowest BCUT2D eigenvalue weighted by Gasteiger charge is -2.29. The molecule has 0 spiro atoms. The number of rotatable bonds is 4. The summed E-state index contributed by atoms with van der Waals surface area (Å²) >= 11 is 0. The molecule has 1 aromatic heterocycles. The topological polar surface area (TPSA) is 34.6 Å². The highest BCUT2D eigenvalue weighted by Crippen LogP contribution is 2.27. The summed E-state index contributed by atoms with van der Waals surface area (Å²) in [5.74, 6) is 1.02. The maximum Gasteiger partial charge on any atom is 0.127 e. The summed E-state index contributed by atoms with van der Waals surface area (Å²) in [6.45, 7) is 3.31. The van der Waals surface area contributed by atoms with Crippen molar-refractivity contribution in [1.82, 2.24) is 4.98 Å². The van der Waals surface area contributed by atoms with Crippen molar-refractivity contribution in [3.05, 3.63) is 72.7 Å². The van der Waals surface area contributed by atoms with Crippen molar-refractivity contribution in [2.24, 2.45) is 0 Å². The van der Waals surface area contributed by atoms with Crippen molar-refractivity contribution < 1.29 is 13.9 Å². The maximum absolute atomic E-state index is 13.0. The highest BCUT2D eigenvalue weighted by Gasteiger charge is 2.12. The number of hydrogen-bond donors (Lipinski definition) is 0. The van der Waals surface area contributed by atoms with Gasteiger partial charge in [-0.05, 0) is 60.7 Å². The van der Waals surface area contributed by atoms with Gasteiger partial charge in [-0.1, -0.05) is 0 Å². The first-order valence-corrected chi connectivity index (χ1v) is 8.60. The van der Waals surface area contributed by atoms with E-state index < -0.39 is 0 Å². The first-order chi connectivity index (χ1) is 12.8. The van der Waals surface area contributed by atoms with Gasteiger partial charge in [-0.2, -0.15) is 0 Å². The fourth-order valence-electron chi connectivity index (χ4n) is 2.93. The highest BCUT2D eigenvalue weighted by atomic mass is 19.1. The molecular weight excluding hydrogens is 331 g/mol. The Morgan fingerprint density at radius 2 is 1.54 bits per heavy atom. The van der Waals surface area contributed by atoms with Crippen LogP contribution in [0.5, 0.6) is 11.5 Å². The Kier molecular flexibility index (Phi) is 4.80. The molecule has 0 atom stereocenters. The number of halogens is 1. The molecule has 3 aromatic rings. The zero-order chi connectivity index (χ0) is 17.8. The van der Waals surface area contributed by atoms with Crippen LogP contribution in [-0.2, 0) is 4.74 Å². The zero-order valence-corrected chi connectivity index (χ0v) is 14.3. The predicted molar refractivity (Wildman–Crippen MR) is 99.2 cm³/mol. The van der Waals surface area contributed by atoms with Crippen LogP contribution < -0.4 is 9.64 Å². The Hall–Kier alpha value is -2.92. The molecule has 4 nitrogen and oxygen atoms in total. The lowest BCUT2D eigenvalue weighted by atomic mass is 10.1. The van der Waals surface area contributed by atoms with Crippen LogP contribution in [0.3, 0.4) is 0 Å². The highest BCUT2D eigenvalue weighted by molar-refractivity contribution is 5.65. The van der Waals surface area contributed by atoms with Gasteiger partial charge in [-0.15, -0.1) is 0 Å². The van der Waals surface area contributed by atoms with Crippen molar-refractivity contribution in [3.63, 3.8) is 0 Å². The Labute approximate surface area is 151 Å². The number of hydrogen-bond acceptors (Lipinski definition) is 4. The number of aromatic nitrogens is 1. The fraction of sp³-hybridized carbons (Fsp3) is 0.190. The van der Waals surface area contributed by atoms with Crippen LogP contribution in [0.15, 0.2) is 66.9 Å². The van der Waals surface area contributed by atoms with Crippen LogP contribution in [0.25, 0.3) is 11.3 Å². The van der Waals surface area contributed by atoms with Crippen LogP contribution in [-0.4, -0.2) is 31.3 Å². The summed E-state index contributed by atoms with van der Waals surface area (Å²) < 4.78 is 24.1. The van der Waals surface area contributed by atoms with Crippen LogP contribution in [0.1, 0.15) is 0 Å². The monoisotopic (exact) mass is 350 g/mol. The molecule has 2 aromatic carbocycles. The van der Waals surface area contributed by atoms with Crippen LogP contribution >= 0.6 is 0 Å². The predicted octanol–water partition coefficient (Wildman–Crippen LogP) is 4.52. The van der Waals surface area contributed by atoms with Crippen molar-refractivity contribution in [2.45, 2.75) is 0 Å². The van der Waals surface area contributed by atoms with E-state index in [1.165, 1.54) is 12.1 Å².